The third kappa shape index (κ3) is 3.16. The molecular weight excluding hydrogens is 294 g/mol. The predicted molar refractivity (Wildman–Crippen MR) is 84.9 cm³/mol. The molecule has 23 heavy (non-hydrogen) atoms. The largest absolute Gasteiger partial charge is 0.468 e. The topological polar surface area (TPSA) is 49.2 Å². The van der Waals surface area contributed by atoms with Gasteiger partial charge < -0.3 is 14.1 Å². The van der Waals surface area contributed by atoms with E-state index in [1.807, 2.05) is 12.1 Å². The number of hydrogen-bond donors (Lipinski definition) is 0. The average Bonchev–Trinajstić information content (AvgIpc) is 3.27. The number of nitrogens with zero attached hydrogens (tertiary/aromatic N) is 3. The molecule has 1 aromatic rings. The van der Waals surface area contributed by atoms with Gasteiger partial charge in [0.15, 0.2) is 0 Å². The van der Waals surface area contributed by atoms with Gasteiger partial charge in [-0.15, -0.1) is 0 Å². The molecule has 0 N–H and O–H groups in total. The first-order valence-corrected chi connectivity index (χ1v) is 8.67. The quantitative estimate of drug-likeness (QED) is 0.803. The number of amides is 1. The molecule has 4 heterocycles. The van der Waals surface area contributed by atoms with E-state index >= 15 is 0 Å². The van der Waals surface area contributed by atoms with Crippen molar-refractivity contribution in [1.29, 1.82) is 0 Å². The summed E-state index contributed by atoms with van der Waals surface area (Å²) in [6, 6.07) is 4.69. The molecule has 0 radical (unpaired) electrons. The van der Waals surface area contributed by atoms with Gasteiger partial charge in [0.1, 0.15) is 5.76 Å². The summed E-state index contributed by atoms with van der Waals surface area (Å²) in [5.41, 5.74) is 0. The average molecular weight is 319 g/mol. The van der Waals surface area contributed by atoms with Crippen molar-refractivity contribution in [1.82, 2.24) is 14.7 Å². The molecule has 6 nitrogen and oxygen atoms in total. The fourth-order valence-corrected chi connectivity index (χ4v) is 4.17. The molecule has 3 aliphatic heterocycles. The zero-order chi connectivity index (χ0) is 15.6. The summed E-state index contributed by atoms with van der Waals surface area (Å²) >= 11 is 0. The number of furan rings is 1. The van der Waals surface area contributed by atoms with Gasteiger partial charge in [-0.05, 0) is 18.6 Å². The van der Waals surface area contributed by atoms with Gasteiger partial charge in [-0.1, -0.05) is 0 Å². The van der Waals surface area contributed by atoms with Crippen molar-refractivity contribution >= 4 is 5.91 Å². The zero-order valence-corrected chi connectivity index (χ0v) is 13.5. The van der Waals surface area contributed by atoms with Gasteiger partial charge in [-0.3, -0.25) is 14.6 Å². The van der Waals surface area contributed by atoms with Crippen molar-refractivity contribution in [2.45, 2.75) is 31.5 Å². The van der Waals surface area contributed by atoms with Crippen LogP contribution in [0.2, 0.25) is 0 Å². The Morgan fingerprint density at radius 2 is 2.00 bits per heavy atom. The number of ether oxygens (including phenoxy) is 1. The Morgan fingerprint density at radius 3 is 2.78 bits per heavy atom. The molecule has 3 aliphatic rings. The van der Waals surface area contributed by atoms with Crippen LogP contribution in [0.1, 0.15) is 18.6 Å². The van der Waals surface area contributed by atoms with Crippen molar-refractivity contribution in [2.24, 2.45) is 0 Å². The van der Waals surface area contributed by atoms with Crippen LogP contribution < -0.4 is 0 Å². The number of carbonyl (C=O) groups is 1. The second kappa shape index (κ2) is 6.63. The molecule has 1 amide bonds. The third-order valence-electron chi connectivity index (χ3n) is 5.43. The molecule has 0 saturated carbocycles. The third-order valence-corrected chi connectivity index (χ3v) is 5.43. The first kappa shape index (κ1) is 15.2. The van der Waals surface area contributed by atoms with Crippen LogP contribution in [-0.2, 0) is 16.1 Å². The molecule has 2 atom stereocenters. The first-order chi connectivity index (χ1) is 11.3. The van der Waals surface area contributed by atoms with Crippen LogP contribution >= 0.6 is 0 Å². The highest BCUT2D eigenvalue weighted by atomic mass is 16.5. The summed E-state index contributed by atoms with van der Waals surface area (Å²) in [5, 5.41) is 0. The molecule has 0 aromatic carbocycles. The van der Waals surface area contributed by atoms with Gasteiger partial charge in [-0.2, -0.15) is 0 Å². The summed E-state index contributed by atoms with van der Waals surface area (Å²) in [4.78, 5) is 19.4. The van der Waals surface area contributed by atoms with Crippen LogP contribution in [0, 0.1) is 0 Å². The normalized spacial score (nSPS) is 29.4. The molecular formula is C17H25N3O3. The summed E-state index contributed by atoms with van der Waals surface area (Å²) < 4.78 is 10.9. The molecule has 4 rings (SSSR count). The SMILES string of the molecule is O=C1C[C@H]2[C@@H](CCN2Cc2ccco2)N1CCN1CCOCC1. The minimum absolute atomic E-state index is 0.317. The summed E-state index contributed by atoms with van der Waals surface area (Å²) in [7, 11) is 0. The lowest BCUT2D eigenvalue weighted by Gasteiger charge is -2.30. The molecule has 126 valence electrons. The molecule has 3 fully saturated rings. The Kier molecular flexibility index (Phi) is 4.37. The number of carbonyl (C=O) groups excluding carboxylic acids is 1. The molecule has 6 heteroatoms. The van der Waals surface area contributed by atoms with E-state index in [0.717, 1.165) is 64.7 Å². The minimum atomic E-state index is 0.317. The van der Waals surface area contributed by atoms with Gasteiger partial charge >= 0.3 is 0 Å². The van der Waals surface area contributed by atoms with Crippen LogP contribution in [0.3, 0.4) is 0 Å². The predicted octanol–water partition coefficient (Wildman–Crippen LogP) is 0.787. The lowest BCUT2D eigenvalue weighted by molar-refractivity contribution is -0.129. The van der Waals surface area contributed by atoms with E-state index in [1.54, 1.807) is 6.26 Å². The molecule has 0 bridgehead atoms. The van der Waals surface area contributed by atoms with E-state index in [-0.39, 0.29) is 0 Å². The second-order valence-electron chi connectivity index (χ2n) is 6.72. The lowest BCUT2D eigenvalue weighted by atomic mass is 10.1. The number of hydrogen-bond acceptors (Lipinski definition) is 5. The van der Waals surface area contributed by atoms with Crippen molar-refractivity contribution in [3.63, 3.8) is 0 Å². The van der Waals surface area contributed by atoms with Crippen molar-refractivity contribution in [3.05, 3.63) is 24.2 Å². The number of likely N-dealkylation sites (tertiary alicyclic amines) is 2. The maximum atomic E-state index is 12.4. The highest BCUT2D eigenvalue weighted by Gasteiger charge is 2.46. The Morgan fingerprint density at radius 1 is 1.13 bits per heavy atom. The fourth-order valence-electron chi connectivity index (χ4n) is 4.17. The maximum absolute atomic E-state index is 12.4. The Balaban J connectivity index is 1.34. The van der Waals surface area contributed by atoms with Gasteiger partial charge in [0, 0.05) is 51.2 Å². The van der Waals surface area contributed by atoms with Gasteiger partial charge in [0.2, 0.25) is 5.91 Å². The smallest absolute Gasteiger partial charge is 0.224 e. The van der Waals surface area contributed by atoms with E-state index in [4.69, 9.17) is 9.15 Å². The molecule has 0 unspecified atom stereocenters. The Bertz CT molecular complexity index is 527. The molecule has 3 saturated heterocycles. The van der Waals surface area contributed by atoms with Gasteiger partial charge in [0.05, 0.1) is 26.0 Å². The van der Waals surface area contributed by atoms with Crippen molar-refractivity contribution in [3.8, 4) is 0 Å². The second-order valence-corrected chi connectivity index (χ2v) is 6.72. The van der Waals surface area contributed by atoms with E-state index < -0.39 is 0 Å². The fraction of sp³-hybridized carbons (Fsp3) is 0.706. The number of rotatable bonds is 5. The van der Waals surface area contributed by atoms with E-state index in [9.17, 15) is 4.79 Å². The van der Waals surface area contributed by atoms with E-state index in [2.05, 4.69) is 14.7 Å². The molecule has 0 aliphatic carbocycles. The van der Waals surface area contributed by atoms with E-state index in [0.29, 0.717) is 24.4 Å². The zero-order valence-electron chi connectivity index (χ0n) is 13.5. The van der Waals surface area contributed by atoms with Crippen LogP contribution in [0.15, 0.2) is 22.8 Å². The number of fused-ring (bicyclic) bond motifs is 1. The Labute approximate surface area is 137 Å². The van der Waals surface area contributed by atoms with Gasteiger partial charge in [-0.25, -0.2) is 0 Å². The van der Waals surface area contributed by atoms with Crippen LogP contribution in [0.25, 0.3) is 0 Å². The first-order valence-electron chi connectivity index (χ1n) is 8.67. The van der Waals surface area contributed by atoms with Crippen molar-refractivity contribution < 1.29 is 13.9 Å². The van der Waals surface area contributed by atoms with Crippen LogP contribution in [0.5, 0.6) is 0 Å². The monoisotopic (exact) mass is 319 g/mol. The van der Waals surface area contributed by atoms with Gasteiger partial charge in [0.25, 0.3) is 0 Å². The van der Waals surface area contributed by atoms with Crippen LogP contribution in [0.4, 0.5) is 0 Å². The van der Waals surface area contributed by atoms with E-state index in [1.165, 1.54) is 0 Å². The summed E-state index contributed by atoms with van der Waals surface area (Å²) in [6.45, 7) is 7.30. The summed E-state index contributed by atoms with van der Waals surface area (Å²) in [6.07, 6.45) is 3.46. The minimum Gasteiger partial charge on any atom is -0.468 e. The Hall–Kier alpha value is -1.37. The molecule has 1 aromatic heterocycles. The van der Waals surface area contributed by atoms with Crippen molar-refractivity contribution in [2.75, 3.05) is 45.9 Å². The highest BCUT2D eigenvalue weighted by Crippen LogP contribution is 2.33. The standard InChI is InChI=1S/C17H25N3O3/c21-17-12-16-15(3-4-19(16)13-14-2-1-9-23-14)20(17)6-5-18-7-10-22-11-8-18/h1-2,9,15-16H,3-8,10-13H2/t15-,16+/m1/s1. The number of morpholine rings is 1. The molecule has 0 spiro atoms. The highest BCUT2D eigenvalue weighted by molar-refractivity contribution is 5.80. The summed E-state index contributed by atoms with van der Waals surface area (Å²) in [5.74, 6) is 1.31. The lowest BCUT2D eigenvalue weighted by Crippen LogP contribution is -2.44. The maximum Gasteiger partial charge on any atom is 0.224 e. The van der Waals surface area contributed by atoms with Crippen LogP contribution in [-0.4, -0.2) is 78.6 Å².